The van der Waals surface area contributed by atoms with E-state index in [1.54, 1.807) is 55.2 Å². The molecule has 2 aliphatic carbocycles. The molecule has 2 saturated carbocycles. The molecule has 304 valence electrons. The van der Waals surface area contributed by atoms with Crippen molar-refractivity contribution in [3.8, 4) is 22.3 Å². The van der Waals surface area contributed by atoms with Crippen LogP contribution in [0.2, 0.25) is 5.28 Å². The van der Waals surface area contributed by atoms with Crippen LogP contribution in [0.5, 0.6) is 0 Å². The number of halogens is 5. The average molecular weight is 827 g/mol. The molecule has 5 N–H and O–H groups in total. The van der Waals surface area contributed by atoms with Crippen LogP contribution >= 0.6 is 11.6 Å². The van der Waals surface area contributed by atoms with Crippen LogP contribution in [0.15, 0.2) is 98.1 Å². The number of nitrogens with one attached hydrogen (secondary N) is 1. The lowest BCUT2D eigenvalue weighted by Gasteiger charge is -2.43. The number of rotatable bonds is 9. The first-order valence-corrected chi connectivity index (χ1v) is 18.2. The standard InChI is InChI=1S/C20H18F2N6O.C10H5ClN4.C10H12F2N2.CH4/c21-14-7-20(8-14,17-15(22)2-1-4-25-17)11-28-19-26-9-13(10-27-19)12-3-5-24-16(6-12)18(23)29;1-12-9-4-7(2-3-13-9)8-5-14-10(11)15-6-8;11-7-4-10(5-7,6-13)9-8(12)2-1-3-14-9;/h1-6,9-10,14H,7-8,11H2,(H2,23,29)(H,26,27,28);2-6H;1-3,7H,4-6,13H2;1H4. The van der Waals surface area contributed by atoms with Gasteiger partial charge < -0.3 is 21.6 Å². The van der Waals surface area contributed by atoms with Crippen LogP contribution in [0.4, 0.5) is 29.3 Å². The number of alkyl halides is 2. The van der Waals surface area contributed by atoms with Crippen LogP contribution in [0.1, 0.15) is 55.0 Å². The van der Waals surface area contributed by atoms with Crippen molar-refractivity contribution < 1.29 is 22.4 Å². The number of primary amides is 1. The van der Waals surface area contributed by atoms with Crippen LogP contribution in [0.25, 0.3) is 27.1 Å². The Morgan fingerprint density at radius 1 is 0.746 bits per heavy atom. The molecule has 6 aromatic rings. The fourth-order valence-corrected chi connectivity index (χ4v) is 6.79. The molecule has 0 spiro atoms. The third-order valence-corrected chi connectivity index (χ3v) is 9.95. The van der Waals surface area contributed by atoms with Crippen molar-refractivity contribution in [1.82, 2.24) is 39.9 Å². The largest absolute Gasteiger partial charge is 0.364 e. The number of hydrogen-bond donors (Lipinski definition) is 3. The number of pyridine rings is 4. The molecular formula is C41H39ClF4N12O. The molecule has 0 bridgehead atoms. The molecule has 0 unspecified atom stereocenters. The summed E-state index contributed by atoms with van der Waals surface area (Å²) in [5.41, 5.74) is 13.3. The molecule has 6 heterocycles. The number of anilines is 1. The molecule has 0 saturated heterocycles. The third kappa shape index (κ3) is 10.3. The summed E-state index contributed by atoms with van der Waals surface area (Å²) in [4.78, 5) is 46.6. The molecule has 0 atom stereocenters. The van der Waals surface area contributed by atoms with Crippen molar-refractivity contribution in [2.24, 2.45) is 11.5 Å². The van der Waals surface area contributed by atoms with Crippen LogP contribution in [0, 0.1) is 18.2 Å². The molecule has 8 rings (SSSR count). The van der Waals surface area contributed by atoms with Gasteiger partial charge >= 0.3 is 0 Å². The fraction of sp³-hybridized carbons (Fsp3) is 0.268. The number of nitrogens with two attached hydrogens (primary N) is 2. The van der Waals surface area contributed by atoms with E-state index in [2.05, 4.69) is 50.0 Å². The van der Waals surface area contributed by atoms with E-state index in [-0.39, 0.29) is 68.7 Å². The maximum absolute atomic E-state index is 14.2. The molecule has 59 heavy (non-hydrogen) atoms. The monoisotopic (exact) mass is 826 g/mol. The van der Waals surface area contributed by atoms with Gasteiger partial charge in [0, 0.05) is 78.4 Å². The summed E-state index contributed by atoms with van der Waals surface area (Å²) in [5.74, 6) is -0.770. The molecular weight excluding hydrogens is 788 g/mol. The van der Waals surface area contributed by atoms with Gasteiger partial charge in [-0.2, -0.15) is 0 Å². The molecule has 6 aromatic heterocycles. The first-order valence-electron chi connectivity index (χ1n) is 17.8. The highest BCUT2D eigenvalue weighted by molar-refractivity contribution is 6.28. The van der Waals surface area contributed by atoms with Crippen LogP contribution < -0.4 is 16.8 Å². The highest BCUT2D eigenvalue weighted by Crippen LogP contribution is 2.46. The Morgan fingerprint density at radius 3 is 1.76 bits per heavy atom. The molecule has 1 amide bonds. The number of carbonyl (C=O) groups excluding carboxylic acids is 1. The quantitative estimate of drug-likeness (QED) is 0.0741. The van der Waals surface area contributed by atoms with Gasteiger partial charge in [-0.25, -0.2) is 37.5 Å². The van der Waals surface area contributed by atoms with Crippen molar-refractivity contribution in [3.63, 3.8) is 0 Å². The van der Waals surface area contributed by atoms with E-state index in [4.69, 9.17) is 29.6 Å². The van der Waals surface area contributed by atoms with E-state index in [0.717, 1.165) is 11.1 Å². The topological polar surface area (TPSA) is 189 Å². The van der Waals surface area contributed by atoms with Gasteiger partial charge in [0.05, 0.1) is 11.4 Å². The molecule has 2 aliphatic rings. The molecule has 0 aliphatic heterocycles. The Kier molecular flexibility index (Phi) is 14.3. The minimum atomic E-state index is -0.979. The fourth-order valence-electron chi connectivity index (χ4n) is 6.69. The Bertz CT molecular complexity index is 2390. The summed E-state index contributed by atoms with van der Waals surface area (Å²) < 4.78 is 54.0. The zero-order chi connectivity index (χ0) is 41.3. The smallest absolute Gasteiger partial charge is 0.270 e. The van der Waals surface area contributed by atoms with Gasteiger partial charge in [0.1, 0.15) is 35.9 Å². The Labute approximate surface area is 342 Å². The summed E-state index contributed by atoms with van der Waals surface area (Å²) in [7, 11) is 0. The van der Waals surface area contributed by atoms with Crippen LogP contribution in [-0.2, 0) is 10.8 Å². The van der Waals surface area contributed by atoms with Gasteiger partial charge in [0.15, 0.2) is 0 Å². The number of nitrogens with zero attached hydrogens (tertiary/aromatic N) is 9. The number of amides is 1. The van der Waals surface area contributed by atoms with Crippen molar-refractivity contribution >= 4 is 29.3 Å². The maximum atomic E-state index is 14.2. The van der Waals surface area contributed by atoms with Gasteiger partial charge in [-0.15, -0.1) is 4.98 Å². The van der Waals surface area contributed by atoms with Crippen molar-refractivity contribution in [1.29, 1.82) is 0 Å². The number of hydrogen-bond acceptors (Lipinski definition) is 11. The van der Waals surface area contributed by atoms with E-state index in [1.165, 1.54) is 42.9 Å². The van der Waals surface area contributed by atoms with E-state index in [9.17, 15) is 22.4 Å². The number of aromatic nitrogens is 8. The number of carbonyl (C=O) groups is 1. The zero-order valence-electron chi connectivity index (χ0n) is 30.6. The first kappa shape index (κ1) is 43.6. The van der Waals surface area contributed by atoms with Crippen molar-refractivity contribution in [2.75, 3.05) is 18.4 Å². The third-order valence-electron chi connectivity index (χ3n) is 9.76. The summed E-state index contributed by atoms with van der Waals surface area (Å²) >= 11 is 5.57. The van der Waals surface area contributed by atoms with Crippen molar-refractivity contribution in [2.45, 2.75) is 56.3 Å². The van der Waals surface area contributed by atoms with Crippen LogP contribution in [-0.4, -0.2) is 71.2 Å². The Morgan fingerprint density at radius 2 is 1.25 bits per heavy atom. The van der Waals surface area contributed by atoms with E-state index in [1.807, 2.05) is 0 Å². The van der Waals surface area contributed by atoms with Gasteiger partial charge in [-0.1, -0.05) is 14.0 Å². The van der Waals surface area contributed by atoms with E-state index >= 15 is 0 Å². The van der Waals surface area contributed by atoms with Crippen LogP contribution in [0.3, 0.4) is 0 Å². The molecule has 0 radical (unpaired) electrons. The summed E-state index contributed by atoms with van der Waals surface area (Å²) in [6.07, 6.45) is 11.6. The summed E-state index contributed by atoms with van der Waals surface area (Å²) in [5, 5.41) is 3.27. The maximum Gasteiger partial charge on any atom is 0.270 e. The Hall–Kier alpha value is -6.51. The van der Waals surface area contributed by atoms with E-state index < -0.39 is 34.9 Å². The second-order valence-corrected chi connectivity index (χ2v) is 14.0. The molecule has 2 fully saturated rings. The first-order chi connectivity index (χ1) is 27.9. The second-order valence-electron chi connectivity index (χ2n) is 13.6. The van der Waals surface area contributed by atoms with Gasteiger partial charge in [0.2, 0.25) is 11.2 Å². The van der Waals surface area contributed by atoms with Gasteiger partial charge in [-0.05, 0) is 96.9 Å². The van der Waals surface area contributed by atoms with E-state index in [0.29, 0.717) is 28.6 Å². The zero-order valence-corrected chi connectivity index (χ0v) is 31.4. The lowest BCUT2D eigenvalue weighted by molar-refractivity contribution is 0.0931. The van der Waals surface area contributed by atoms with Crippen molar-refractivity contribution in [3.05, 3.63) is 144 Å². The summed E-state index contributed by atoms with van der Waals surface area (Å²) in [6.45, 7) is 7.36. The molecule has 13 nitrogen and oxygen atoms in total. The molecule has 0 aromatic carbocycles. The second kappa shape index (κ2) is 19.3. The SMILES string of the molecule is C.NC(=O)c1cc(-c2cnc(NCC3(c4ncccc4F)CC(F)C3)nc2)ccn1.NCC1(c2ncccc2F)CC(F)C1.[C-]#[N+]c1cc(-c2cnc(Cl)nc2)ccn1. The highest BCUT2D eigenvalue weighted by atomic mass is 35.5. The Balaban J connectivity index is 0.000000185. The average Bonchev–Trinajstić information content (AvgIpc) is 3.22. The lowest BCUT2D eigenvalue weighted by atomic mass is 9.65. The normalized spacial score (nSPS) is 20.0. The minimum Gasteiger partial charge on any atom is -0.364 e. The summed E-state index contributed by atoms with van der Waals surface area (Å²) in [6, 6.07) is 12.4. The lowest BCUT2D eigenvalue weighted by Crippen LogP contribution is -2.49. The minimum absolute atomic E-state index is 0. The predicted molar refractivity (Wildman–Crippen MR) is 215 cm³/mol. The predicted octanol–water partition coefficient (Wildman–Crippen LogP) is 7.58. The van der Waals surface area contributed by atoms with Gasteiger partial charge in [0.25, 0.3) is 11.7 Å². The van der Waals surface area contributed by atoms with Gasteiger partial charge in [-0.3, -0.25) is 19.7 Å². The highest BCUT2D eigenvalue weighted by Gasteiger charge is 2.49. The molecule has 18 heteroatoms.